The van der Waals surface area contributed by atoms with Gasteiger partial charge in [0, 0.05) is 19.4 Å². The maximum atomic E-state index is 11.5. The zero-order valence-electron chi connectivity index (χ0n) is 19.1. The molecule has 0 atom stereocenters. The van der Waals surface area contributed by atoms with E-state index in [0.29, 0.717) is 19.5 Å². The molecule has 4 aromatic rings. The summed E-state index contributed by atoms with van der Waals surface area (Å²) in [5.41, 5.74) is 9.00. The summed E-state index contributed by atoms with van der Waals surface area (Å²) in [5, 5.41) is 2.71. The fourth-order valence-electron chi connectivity index (χ4n) is 2.98. The van der Waals surface area contributed by atoms with Gasteiger partial charge < -0.3 is 25.8 Å². The van der Waals surface area contributed by atoms with Gasteiger partial charge in [0.05, 0.1) is 22.1 Å². The first-order chi connectivity index (χ1) is 14.8. The largest absolute Gasteiger partial charge is 0.444 e. The van der Waals surface area contributed by atoms with Gasteiger partial charge in [-0.25, -0.2) is 14.8 Å². The van der Waals surface area contributed by atoms with E-state index in [4.69, 9.17) is 10.5 Å². The number of aromatic nitrogens is 4. The maximum absolute atomic E-state index is 11.5. The third-order valence-corrected chi connectivity index (χ3v) is 4.29. The quantitative estimate of drug-likeness (QED) is 0.324. The van der Waals surface area contributed by atoms with Crippen molar-refractivity contribution in [2.75, 3.05) is 13.1 Å². The summed E-state index contributed by atoms with van der Waals surface area (Å²) in [6, 6.07) is 15.8. The van der Waals surface area contributed by atoms with Crippen molar-refractivity contribution in [3.63, 3.8) is 0 Å². The molecule has 0 unspecified atom stereocenters. The minimum Gasteiger partial charge on any atom is -0.444 e. The summed E-state index contributed by atoms with van der Waals surface area (Å²) in [6.07, 6.45) is 1.06. The first-order valence-electron chi connectivity index (χ1n) is 10.4. The lowest BCUT2D eigenvalue weighted by Gasteiger charge is -2.19. The van der Waals surface area contributed by atoms with Crippen LogP contribution in [0.2, 0.25) is 0 Å². The summed E-state index contributed by atoms with van der Waals surface area (Å²) in [6.45, 7) is 6.65. The van der Waals surface area contributed by atoms with Crippen LogP contribution >= 0.6 is 24.8 Å². The SMILES string of the molecule is CC(C)(C)OC(=O)NCCc1nc2ccccc2[nH]1.Cl.Cl.NCCc1nc2ccccc2[nH]1. The van der Waals surface area contributed by atoms with Crippen LogP contribution in [0.15, 0.2) is 48.5 Å². The van der Waals surface area contributed by atoms with E-state index in [-0.39, 0.29) is 24.8 Å². The van der Waals surface area contributed by atoms with Crippen molar-refractivity contribution in [1.82, 2.24) is 25.3 Å². The fourth-order valence-corrected chi connectivity index (χ4v) is 2.98. The zero-order valence-corrected chi connectivity index (χ0v) is 20.7. The molecule has 0 aliphatic carbocycles. The molecule has 0 bridgehead atoms. The van der Waals surface area contributed by atoms with Gasteiger partial charge in [-0.1, -0.05) is 24.3 Å². The molecule has 2 aromatic carbocycles. The second-order valence-electron chi connectivity index (χ2n) is 8.12. The number of hydrogen-bond acceptors (Lipinski definition) is 5. The monoisotopic (exact) mass is 494 g/mol. The molecule has 0 spiro atoms. The molecule has 0 saturated heterocycles. The fraction of sp³-hybridized carbons (Fsp3) is 0.348. The van der Waals surface area contributed by atoms with Gasteiger partial charge in [-0.2, -0.15) is 0 Å². The Kier molecular flexibility index (Phi) is 11.1. The maximum Gasteiger partial charge on any atom is 0.407 e. The number of para-hydroxylation sites is 4. The third kappa shape index (κ3) is 8.92. The molecular formula is C23H32Cl2N6O2. The summed E-state index contributed by atoms with van der Waals surface area (Å²) >= 11 is 0. The lowest BCUT2D eigenvalue weighted by Crippen LogP contribution is -2.33. The second kappa shape index (κ2) is 13.0. The van der Waals surface area contributed by atoms with Gasteiger partial charge in [0.1, 0.15) is 17.2 Å². The van der Waals surface area contributed by atoms with Crippen LogP contribution in [-0.2, 0) is 17.6 Å². The summed E-state index contributed by atoms with van der Waals surface area (Å²) in [7, 11) is 0. The number of halogens is 2. The van der Waals surface area contributed by atoms with E-state index in [2.05, 4.69) is 25.3 Å². The standard InChI is InChI=1S/C14H19N3O2.C9H11N3.2ClH/c1-14(2,3)19-13(18)15-9-8-12-16-10-6-4-5-7-11(10)17-12;10-6-5-9-11-7-3-1-2-4-8(7)12-9;;/h4-7H,8-9H2,1-3H3,(H,15,18)(H,16,17);1-4H,5-6,10H2,(H,11,12);2*1H. The molecule has 5 N–H and O–H groups in total. The minimum absolute atomic E-state index is 0. The van der Waals surface area contributed by atoms with Crippen molar-refractivity contribution in [3.8, 4) is 0 Å². The van der Waals surface area contributed by atoms with Crippen LogP contribution in [0, 0.1) is 0 Å². The number of ether oxygens (including phenoxy) is 1. The number of rotatable bonds is 5. The predicted octanol–water partition coefficient (Wildman–Crippen LogP) is 4.54. The van der Waals surface area contributed by atoms with E-state index in [0.717, 1.165) is 40.1 Å². The van der Waals surface area contributed by atoms with E-state index in [1.54, 1.807) is 0 Å². The number of alkyl carbamates (subject to hydrolysis) is 1. The van der Waals surface area contributed by atoms with Crippen LogP contribution in [0.25, 0.3) is 22.1 Å². The Labute approximate surface area is 205 Å². The smallest absolute Gasteiger partial charge is 0.407 e. The number of nitrogens with zero attached hydrogens (tertiary/aromatic N) is 2. The van der Waals surface area contributed by atoms with Crippen LogP contribution < -0.4 is 11.1 Å². The van der Waals surface area contributed by atoms with Gasteiger partial charge in [-0.15, -0.1) is 24.8 Å². The summed E-state index contributed by atoms with van der Waals surface area (Å²) in [4.78, 5) is 26.7. The molecule has 180 valence electrons. The van der Waals surface area contributed by atoms with Crippen molar-refractivity contribution in [2.24, 2.45) is 5.73 Å². The van der Waals surface area contributed by atoms with Crippen molar-refractivity contribution in [3.05, 3.63) is 60.2 Å². The first-order valence-corrected chi connectivity index (χ1v) is 10.4. The Morgan fingerprint density at radius 2 is 1.39 bits per heavy atom. The van der Waals surface area contributed by atoms with Gasteiger partial charge in [-0.3, -0.25) is 0 Å². The molecule has 2 aromatic heterocycles. The first kappa shape index (κ1) is 28.2. The van der Waals surface area contributed by atoms with E-state index >= 15 is 0 Å². The number of aromatic amines is 2. The normalized spacial score (nSPS) is 10.5. The van der Waals surface area contributed by atoms with Crippen molar-refractivity contribution in [2.45, 2.75) is 39.2 Å². The Balaban J connectivity index is 0.000000338. The lowest BCUT2D eigenvalue weighted by molar-refractivity contribution is 0.0528. The number of hydrogen-bond donors (Lipinski definition) is 4. The lowest BCUT2D eigenvalue weighted by atomic mass is 10.2. The van der Waals surface area contributed by atoms with Crippen LogP contribution in [0.4, 0.5) is 4.79 Å². The molecular weight excluding hydrogens is 463 g/mol. The molecule has 4 rings (SSSR count). The van der Waals surface area contributed by atoms with Gasteiger partial charge in [0.2, 0.25) is 0 Å². The van der Waals surface area contributed by atoms with Gasteiger partial charge in [0.15, 0.2) is 0 Å². The Hall–Kier alpha value is -2.81. The molecule has 0 saturated carbocycles. The number of H-pyrrole nitrogens is 2. The number of imidazole rings is 2. The Morgan fingerprint density at radius 3 is 1.85 bits per heavy atom. The number of fused-ring (bicyclic) bond motifs is 2. The van der Waals surface area contributed by atoms with Crippen LogP contribution in [0.5, 0.6) is 0 Å². The molecule has 8 nitrogen and oxygen atoms in total. The van der Waals surface area contributed by atoms with E-state index < -0.39 is 11.7 Å². The van der Waals surface area contributed by atoms with Crippen molar-refractivity contribution in [1.29, 1.82) is 0 Å². The van der Waals surface area contributed by atoms with Gasteiger partial charge in [0.25, 0.3) is 0 Å². The molecule has 0 fully saturated rings. The van der Waals surface area contributed by atoms with Crippen LogP contribution in [0.3, 0.4) is 0 Å². The summed E-state index contributed by atoms with van der Waals surface area (Å²) in [5.74, 6) is 1.83. The predicted molar refractivity (Wildman–Crippen MR) is 137 cm³/mol. The number of benzene rings is 2. The van der Waals surface area contributed by atoms with Gasteiger partial charge in [-0.05, 0) is 51.6 Å². The van der Waals surface area contributed by atoms with Crippen LogP contribution in [0.1, 0.15) is 32.4 Å². The molecule has 33 heavy (non-hydrogen) atoms. The van der Waals surface area contributed by atoms with E-state index in [9.17, 15) is 4.79 Å². The number of nitrogens with one attached hydrogen (secondary N) is 3. The molecule has 0 aliphatic heterocycles. The number of carbonyl (C=O) groups is 1. The highest BCUT2D eigenvalue weighted by molar-refractivity contribution is 5.85. The van der Waals surface area contributed by atoms with Crippen LogP contribution in [-0.4, -0.2) is 44.7 Å². The van der Waals surface area contributed by atoms with Gasteiger partial charge >= 0.3 is 6.09 Å². The highest BCUT2D eigenvalue weighted by Gasteiger charge is 2.15. The zero-order chi connectivity index (χ0) is 22.3. The highest BCUT2D eigenvalue weighted by Crippen LogP contribution is 2.11. The molecule has 10 heteroatoms. The molecule has 1 amide bonds. The molecule has 2 heterocycles. The van der Waals surface area contributed by atoms with Crippen molar-refractivity contribution < 1.29 is 9.53 Å². The number of carbonyl (C=O) groups excluding carboxylic acids is 1. The minimum atomic E-state index is -0.469. The topological polar surface area (TPSA) is 122 Å². The summed E-state index contributed by atoms with van der Waals surface area (Å²) < 4.78 is 5.15. The highest BCUT2D eigenvalue weighted by atomic mass is 35.5. The molecule has 0 aliphatic rings. The molecule has 0 radical (unpaired) electrons. The second-order valence-corrected chi connectivity index (χ2v) is 8.12. The number of nitrogens with two attached hydrogens (primary N) is 1. The average Bonchev–Trinajstić information content (AvgIpc) is 3.30. The third-order valence-electron chi connectivity index (χ3n) is 4.29. The number of amides is 1. The van der Waals surface area contributed by atoms with Crippen molar-refractivity contribution >= 4 is 53.0 Å². The average molecular weight is 495 g/mol. The Bertz CT molecular complexity index is 1070. The van der Waals surface area contributed by atoms with E-state index in [1.807, 2.05) is 69.3 Å². The van der Waals surface area contributed by atoms with E-state index in [1.165, 1.54) is 0 Å². The Morgan fingerprint density at radius 1 is 0.909 bits per heavy atom.